The van der Waals surface area contributed by atoms with E-state index in [2.05, 4.69) is 25.4 Å². The van der Waals surface area contributed by atoms with Crippen molar-refractivity contribution in [2.24, 2.45) is 5.92 Å². The molecule has 1 N–H and O–H groups in total. The van der Waals surface area contributed by atoms with Crippen LogP contribution in [0.4, 0.5) is 4.39 Å². The van der Waals surface area contributed by atoms with E-state index in [9.17, 15) is 4.39 Å². The third kappa shape index (κ3) is 6.98. The quantitative estimate of drug-likeness (QED) is 0.678. The lowest BCUT2D eigenvalue weighted by Gasteiger charge is -2.19. The van der Waals surface area contributed by atoms with Crippen LogP contribution >= 0.6 is 11.8 Å². The molecule has 1 atom stereocenters. The summed E-state index contributed by atoms with van der Waals surface area (Å²) >= 11 is 1.89. The molecule has 0 heterocycles. The monoisotopic (exact) mass is 283 g/mol. The van der Waals surface area contributed by atoms with Gasteiger partial charge in [-0.1, -0.05) is 26.0 Å². The van der Waals surface area contributed by atoms with Crippen LogP contribution in [0, 0.1) is 11.7 Å². The fraction of sp³-hybridized carbons (Fsp3) is 0.625. The average Bonchev–Trinajstić information content (AvgIpc) is 2.38. The van der Waals surface area contributed by atoms with Crippen molar-refractivity contribution in [3.05, 3.63) is 35.6 Å². The smallest absolute Gasteiger partial charge is 0.123 e. The third-order valence-electron chi connectivity index (χ3n) is 3.19. The van der Waals surface area contributed by atoms with Gasteiger partial charge in [-0.15, -0.1) is 0 Å². The lowest BCUT2D eigenvalue weighted by molar-refractivity contribution is 0.498. The zero-order valence-corrected chi connectivity index (χ0v) is 13.1. The summed E-state index contributed by atoms with van der Waals surface area (Å²) < 4.78 is 13.0. The standard InChI is InChI=1S/C16H26FNS/c1-13(2)11-18-12-15(5-4-10-19-3)14-6-8-16(17)9-7-14/h6-9,13,15,18H,4-5,10-12H2,1-3H3. The first-order valence-corrected chi connectivity index (χ1v) is 8.48. The Labute approximate surface area is 121 Å². The van der Waals surface area contributed by atoms with Gasteiger partial charge in [0.15, 0.2) is 0 Å². The molecule has 0 fully saturated rings. The lowest BCUT2D eigenvalue weighted by atomic mass is 9.94. The summed E-state index contributed by atoms with van der Waals surface area (Å²) in [5.74, 6) is 2.20. The normalized spacial score (nSPS) is 12.9. The van der Waals surface area contributed by atoms with Crippen molar-refractivity contribution in [1.82, 2.24) is 5.32 Å². The van der Waals surface area contributed by atoms with Crippen molar-refractivity contribution in [2.45, 2.75) is 32.6 Å². The second-order valence-electron chi connectivity index (χ2n) is 5.44. The second kappa shape index (κ2) is 9.38. The van der Waals surface area contributed by atoms with Crippen LogP contribution in [0.2, 0.25) is 0 Å². The lowest BCUT2D eigenvalue weighted by Crippen LogP contribution is -2.25. The molecule has 1 rings (SSSR count). The van der Waals surface area contributed by atoms with Crippen molar-refractivity contribution < 1.29 is 4.39 Å². The van der Waals surface area contributed by atoms with Crippen LogP contribution in [0.25, 0.3) is 0 Å². The van der Waals surface area contributed by atoms with Crippen molar-refractivity contribution in [2.75, 3.05) is 25.1 Å². The minimum atomic E-state index is -0.151. The molecule has 0 aliphatic heterocycles. The van der Waals surface area contributed by atoms with Gasteiger partial charge < -0.3 is 5.32 Å². The molecule has 1 aromatic carbocycles. The predicted octanol–water partition coefficient (Wildman–Crippen LogP) is 4.30. The van der Waals surface area contributed by atoms with Crippen LogP contribution in [-0.2, 0) is 0 Å². The third-order valence-corrected chi connectivity index (χ3v) is 3.88. The number of halogens is 1. The van der Waals surface area contributed by atoms with Crippen LogP contribution in [0.1, 0.15) is 38.2 Å². The molecule has 3 heteroatoms. The molecule has 0 amide bonds. The van der Waals surface area contributed by atoms with Gasteiger partial charge in [0, 0.05) is 6.54 Å². The summed E-state index contributed by atoms with van der Waals surface area (Å²) in [5, 5.41) is 3.52. The van der Waals surface area contributed by atoms with E-state index in [-0.39, 0.29) is 5.82 Å². The largest absolute Gasteiger partial charge is 0.316 e. The highest BCUT2D eigenvalue weighted by atomic mass is 32.2. The van der Waals surface area contributed by atoms with Crippen molar-refractivity contribution in [3.63, 3.8) is 0 Å². The molecule has 0 bridgehead atoms. The number of hydrogen-bond donors (Lipinski definition) is 1. The predicted molar refractivity (Wildman–Crippen MR) is 84.5 cm³/mol. The number of hydrogen-bond acceptors (Lipinski definition) is 2. The van der Waals surface area contributed by atoms with Crippen LogP contribution in [0.3, 0.4) is 0 Å². The minimum Gasteiger partial charge on any atom is -0.316 e. The Kier molecular flexibility index (Phi) is 8.15. The first-order valence-electron chi connectivity index (χ1n) is 7.08. The van der Waals surface area contributed by atoms with Gasteiger partial charge in [0.25, 0.3) is 0 Å². The second-order valence-corrected chi connectivity index (χ2v) is 6.42. The van der Waals surface area contributed by atoms with Gasteiger partial charge in [0.05, 0.1) is 0 Å². The number of rotatable bonds is 9. The first-order chi connectivity index (χ1) is 9.13. The molecule has 0 spiro atoms. The zero-order chi connectivity index (χ0) is 14.1. The number of nitrogens with one attached hydrogen (secondary N) is 1. The molecule has 0 radical (unpaired) electrons. The Balaban J connectivity index is 2.54. The van der Waals surface area contributed by atoms with E-state index in [1.54, 1.807) is 12.1 Å². The number of thioether (sulfide) groups is 1. The summed E-state index contributed by atoms with van der Waals surface area (Å²) in [4.78, 5) is 0. The molecule has 0 saturated heterocycles. The molecule has 1 nitrogen and oxygen atoms in total. The molecule has 1 aromatic rings. The van der Waals surface area contributed by atoms with E-state index in [1.807, 2.05) is 23.9 Å². The van der Waals surface area contributed by atoms with Crippen LogP contribution in [0.5, 0.6) is 0 Å². The molecule has 19 heavy (non-hydrogen) atoms. The average molecular weight is 283 g/mol. The summed E-state index contributed by atoms with van der Waals surface area (Å²) in [6, 6.07) is 6.99. The van der Waals surface area contributed by atoms with E-state index < -0.39 is 0 Å². The Morgan fingerprint density at radius 3 is 2.42 bits per heavy atom. The molecule has 1 unspecified atom stereocenters. The van der Waals surface area contributed by atoms with Crippen molar-refractivity contribution in [1.29, 1.82) is 0 Å². The summed E-state index contributed by atoms with van der Waals surface area (Å²) in [5.41, 5.74) is 1.25. The van der Waals surface area contributed by atoms with E-state index in [1.165, 1.54) is 17.7 Å². The highest BCUT2D eigenvalue weighted by Crippen LogP contribution is 2.22. The van der Waals surface area contributed by atoms with Gasteiger partial charge in [-0.2, -0.15) is 11.8 Å². The van der Waals surface area contributed by atoms with Gasteiger partial charge in [-0.25, -0.2) is 4.39 Å². The maximum Gasteiger partial charge on any atom is 0.123 e. The summed E-state index contributed by atoms with van der Waals surface area (Å²) in [7, 11) is 0. The van der Waals surface area contributed by atoms with Crippen LogP contribution < -0.4 is 5.32 Å². The molecule has 0 aromatic heterocycles. The molecule has 108 valence electrons. The van der Waals surface area contributed by atoms with Gasteiger partial charge >= 0.3 is 0 Å². The fourth-order valence-corrected chi connectivity index (χ4v) is 2.60. The Hall–Kier alpha value is -0.540. The van der Waals surface area contributed by atoms with Gasteiger partial charge in [0.1, 0.15) is 5.82 Å². The molecular formula is C16H26FNS. The van der Waals surface area contributed by atoms with E-state index in [0.717, 1.165) is 19.5 Å². The SMILES string of the molecule is CSCCCC(CNCC(C)C)c1ccc(F)cc1. The summed E-state index contributed by atoms with van der Waals surface area (Å²) in [6.07, 6.45) is 4.52. The van der Waals surface area contributed by atoms with Gasteiger partial charge in [0.2, 0.25) is 0 Å². The fourth-order valence-electron chi connectivity index (χ4n) is 2.14. The Morgan fingerprint density at radius 1 is 1.16 bits per heavy atom. The Morgan fingerprint density at radius 2 is 1.84 bits per heavy atom. The topological polar surface area (TPSA) is 12.0 Å². The molecule has 0 saturated carbocycles. The highest BCUT2D eigenvalue weighted by molar-refractivity contribution is 7.98. The first kappa shape index (κ1) is 16.5. The maximum absolute atomic E-state index is 13.0. The van der Waals surface area contributed by atoms with Gasteiger partial charge in [-0.3, -0.25) is 0 Å². The van der Waals surface area contributed by atoms with Crippen molar-refractivity contribution in [3.8, 4) is 0 Å². The highest BCUT2D eigenvalue weighted by Gasteiger charge is 2.11. The Bertz CT molecular complexity index is 337. The number of benzene rings is 1. The van der Waals surface area contributed by atoms with E-state index in [0.29, 0.717) is 11.8 Å². The minimum absolute atomic E-state index is 0.151. The maximum atomic E-state index is 13.0. The van der Waals surface area contributed by atoms with Crippen LogP contribution in [-0.4, -0.2) is 25.1 Å². The molecular weight excluding hydrogens is 257 g/mol. The molecule has 0 aliphatic rings. The zero-order valence-electron chi connectivity index (χ0n) is 12.3. The molecule has 0 aliphatic carbocycles. The summed E-state index contributed by atoms with van der Waals surface area (Å²) in [6.45, 7) is 6.46. The van der Waals surface area contributed by atoms with E-state index in [4.69, 9.17) is 0 Å². The van der Waals surface area contributed by atoms with Crippen LogP contribution in [0.15, 0.2) is 24.3 Å². The van der Waals surface area contributed by atoms with Gasteiger partial charge in [-0.05, 0) is 60.9 Å². The van der Waals surface area contributed by atoms with E-state index >= 15 is 0 Å². The van der Waals surface area contributed by atoms with Crippen molar-refractivity contribution >= 4 is 11.8 Å².